The third-order valence-corrected chi connectivity index (χ3v) is 4.95. The van der Waals surface area contributed by atoms with Crippen molar-refractivity contribution in [2.75, 3.05) is 4.90 Å². The van der Waals surface area contributed by atoms with E-state index in [0.29, 0.717) is 21.6 Å². The van der Waals surface area contributed by atoms with Gasteiger partial charge in [-0.2, -0.15) is 0 Å². The highest BCUT2D eigenvalue weighted by Crippen LogP contribution is 2.34. The normalized spacial score (nSPS) is 11.3. The van der Waals surface area contributed by atoms with E-state index < -0.39 is 0 Å². The maximum Gasteiger partial charge on any atom is 0.257 e. The molecule has 128 valence electrons. The Kier molecular flexibility index (Phi) is 4.56. The van der Waals surface area contributed by atoms with Gasteiger partial charge < -0.3 is 4.42 Å². The Hall–Kier alpha value is -2.89. The van der Waals surface area contributed by atoms with Crippen LogP contribution in [0.15, 0.2) is 77.4 Å². The molecule has 6 heteroatoms. The summed E-state index contributed by atoms with van der Waals surface area (Å²) in [5.41, 5.74) is 1.51. The van der Waals surface area contributed by atoms with Crippen molar-refractivity contribution in [2.45, 2.75) is 0 Å². The van der Waals surface area contributed by atoms with Crippen LogP contribution in [0.3, 0.4) is 0 Å². The van der Waals surface area contributed by atoms with Gasteiger partial charge in [0.15, 0.2) is 5.13 Å². The zero-order chi connectivity index (χ0) is 17.9. The summed E-state index contributed by atoms with van der Waals surface area (Å²) < 4.78 is 6.26. The molecule has 2 aromatic heterocycles. The summed E-state index contributed by atoms with van der Waals surface area (Å²) in [5, 5.41) is 1.14. The molecule has 0 saturated carbocycles. The minimum Gasteiger partial charge on any atom is -0.465 e. The molecule has 4 rings (SSSR count). The van der Waals surface area contributed by atoms with Gasteiger partial charge in [-0.25, -0.2) is 4.98 Å². The number of carbonyl (C=O) groups excluding carboxylic acids is 1. The van der Waals surface area contributed by atoms with E-state index in [-0.39, 0.29) is 5.91 Å². The molecule has 0 fully saturated rings. The summed E-state index contributed by atoms with van der Waals surface area (Å²) in [7, 11) is 0. The van der Waals surface area contributed by atoms with Gasteiger partial charge in [-0.05, 0) is 48.5 Å². The topological polar surface area (TPSA) is 46.3 Å². The molecule has 4 aromatic rings. The van der Waals surface area contributed by atoms with Crippen LogP contribution in [0.25, 0.3) is 16.3 Å². The number of rotatable bonds is 4. The highest BCUT2D eigenvalue weighted by molar-refractivity contribution is 7.22. The molecule has 0 bridgehead atoms. The van der Waals surface area contributed by atoms with Crippen LogP contribution in [-0.2, 0) is 4.79 Å². The number of benzene rings is 2. The molecule has 0 aliphatic carbocycles. The van der Waals surface area contributed by atoms with Crippen molar-refractivity contribution in [1.29, 1.82) is 0 Å². The van der Waals surface area contributed by atoms with Gasteiger partial charge in [0.2, 0.25) is 0 Å². The fourth-order valence-electron chi connectivity index (χ4n) is 2.52. The second-order valence-electron chi connectivity index (χ2n) is 5.47. The van der Waals surface area contributed by atoms with E-state index >= 15 is 0 Å². The van der Waals surface area contributed by atoms with Crippen LogP contribution < -0.4 is 4.90 Å². The second-order valence-corrected chi connectivity index (χ2v) is 6.91. The number of carbonyl (C=O) groups is 1. The highest BCUT2D eigenvalue weighted by Gasteiger charge is 2.20. The lowest BCUT2D eigenvalue weighted by atomic mass is 10.3. The number of nitrogens with zero attached hydrogens (tertiary/aromatic N) is 2. The SMILES string of the molecule is O=C(/C=C/c1ccco1)N(c1cccc(Cl)c1)c1nc2ccccc2s1. The van der Waals surface area contributed by atoms with Gasteiger partial charge in [-0.3, -0.25) is 9.69 Å². The van der Waals surface area contributed by atoms with Crippen LogP contribution in [0.4, 0.5) is 10.8 Å². The standard InChI is InChI=1S/C20H13ClN2O2S/c21-14-5-3-6-15(13-14)23(19(24)11-10-16-7-4-12-25-16)20-22-17-8-1-2-9-18(17)26-20/h1-13H/b11-10+. The number of fused-ring (bicyclic) bond motifs is 1. The maximum absolute atomic E-state index is 12.9. The van der Waals surface area contributed by atoms with Crippen molar-refractivity contribution in [3.05, 3.63) is 83.8 Å². The molecule has 0 saturated heterocycles. The van der Waals surface area contributed by atoms with Gasteiger partial charge in [0.05, 0.1) is 22.2 Å². The molecule has 0 atom stereocenters. The van der Waals surface area contributed by atoms with Crippen LogP contribution in [0, 0.1) is 0 Å². The summed E-state index contributed by atoms with van der Waals surface area (Å²) >= 11 is 7.58. The Balaban J connectivity index is 1.77. The van der Waals surface area contributed by atoms with Crippen LogP contribution in [0.5, 0.6) is 0 Å². The molecule has 26 heavy (non-hydrogen) atoms. The first-order valence-electron chi connectivity index (χ1n) is 7.87. The first kappa shape index (κ1) is 16.6. The Bertz CT molecular complexity index is 1050. The number of anilines is 2. The van der Waals surface area contributed by atoms with Gasteiger partial charge in [0, 0.05) is 11.1 Å². The van der Waals surface area contributed by atoms with E-state index in [1.807, 2.05) is 36.4 Å². The fourth-order valence-corrected chi connectivity index (χ4v) is 3.69. The van der Waals surface area contributed by atoms with Crippen LogP contribution in [-0.4, -0.2) is 10.9 Å². The average Bonchev–Trinajstić information content (AvgIpc) is 3.29. The van der Waals surface area contributed by atoms with Gasteiger partial charge in [-0.1, -0.05) is 41.1 Å². The van der Waals surface area contributed by atoms with Crippen molar-refractivity contribution >= 4 is 56.0 Å². The Morgan fingerprint density at radius 1 is 1.12 bits per heavy atom. The number of aromatic nitrogens is 1. The summed E-state index contributed by atoms with van der Waals surface area (Å²) in [6.07, 6.45) is 4.66. The lowest BCUT2D eigenvalue weighted by Gasteiger charge is -2.18. The van der Waals surface area contributed by atoms with Crippen LogP contribution >= 0.6 is 22.9 Å². The molecule has 1 amide bonds. The molecule has 2 aromatic carbocycles. The number of amides is 1. The van der Waals surface area contributed by atoms with Crippen molar-refractivity contribution in [3.63, 3.8) is 0 Å². The minimum absolute atomic E-state index is 0.234. The summed E-state index contributed by atoms with van der Waals surface area (Å²) in [6, 6.07) is 18.5. The number of para-hydroxylation sites is 1. The zero-order valence-electron chi connectivity index (χ0n) is 13.5. The van der Waals surface area contributed by atoms with E-state index in [9.17, 15) is 4.79 Å². The number of hydrogen-bond donors (Lipinski definition) is 0. The summed E-state index contributed by atoms with van der Waals surface area (Å²) in [5.74, 6) is 0.372. The third kappa shape index (κ3) is 3.40. The van der Waals surface area contributed by atoms with E-state index in [1.54, 1.807) is 41.5 Å². The summed E-state index contributed by atoms with van der Waals surface area (Å²) in [6.45, 7) is 0. The van der Waals surface area contributed by atoms with Gasteiger partial charge in [-0.15, -0.1) is 0 Å². The Labute approximate surface area is 159 Å². The molecule has 0 aliphatic heterocycles. The molecule has 4 nitrogen and oxygen atoms in total. The third-order valence-electron chi connectivity index (χ3n) is 3.69. The molecule has 0 unspecified atom stereocenters. The fraction of sp³-hybridized carbons (Fsp3) is 0. The molecule has 0 aliphatic rings. The molecule has 0 N–H and O–H groups in total. The number of hydrogen-bond acceptors (Lipinski definition) is 4. The van der Waals surface area contributed by atoms with Gasteiger partial charge >= 0.3 is 0 Å². The molecule has 0 radical (unpaired) electrons. The van der Waals surface area contributed by atoms with Gasteiger partial charge in [0.1, 0.15) is 5.76 Å². The lowest BCUT2D eigenvalue weighted by molar-refractivity contribution is -0.113. The van der Waals surface area contributed by atoms with Crippen LogP contribution in [0.1, 0.15) is 5.76 Å². The quantitative estimate of drug-likeness (QED) is 0.413. The number of halogens is 1. The molecule has 2 heterocycles. The predicted octanol–water partition coefficient (Wildman–Crippen LogP) is 5.92. The van der Waals surface area contributed by atoms with E-state index in [4.69, 9.17) is 16.0 Å². The number of furan rings is 1. The van der Waals surface area contributed by atoms with Gasteiger partial charge in [0.25, 0.3) is 5.91 Å². The smallest absolute Gasteiger partial charge is 0.257 e. The maximum atomic E-state index is 12.9. The minimum atomic E-state index is -0.234. The highest BCUT2D eigenvalue weighted by atomic mass is 35.5. The summed E-state index contributed by atoms with van der Waals surface area (Å²) in [4.78, 5) is 19.1. The van der Waals surface area contributed by atoms with E-state index in [0.717, 1.165) is 10.2 Å². The van der Waals surface area contributed by atoms with E-state index in [1.165, 1.54) is 17.4 Å². The lowest BCUT2D eigenvalue weighted by Crippen LogP contribution is -2.23. The van der Waals surface area contributed by atoms with Crippen molar-refractivity contribution in [3.8, 4) is 0 Å². The van der Waals surface area contributed by atoms with Crippen LogP contribution in [0.2, 0.25) is 5.02 Å². The first-order valence-corrected chi connectivity index (χ1v) is 9.07. The monoisotopic (exact) mass is 380 g/mol. The average molecular weight is 381 g/mol. The first-order chi connectivity index (χ1) is 12.7. The van der Waals surface area contributed by atoms with Crippen molar-refractivity contribution in [2.24, 2.45) is 0 Å². The Morgan fingerprint density at radius 3 is 2.77 bits per heavy atom. The largest absolute Gasteiger partial charge is 0.465 e. The number of thiazole rings is 1. The molecular formula is C20H13ClN2O2S. The molecular weight excluding hydrogens is 368 g/mol. The van der Waals surface area contributed by atoms with Crippen molar-refractivity contribution < 1.29 is 9.21 Å². The molecule has 0 spiro atoms. The zero-order valence-corrected chi connectivity index (χ0v) is 15.1. The van der Waals surface area contributed by atoms with Crippen molar-refractivity contribution in [1.82, 2.24) is 4.98 Å². The second kappa shape index (κ2) is 7.15. The van der Waals surface area contributed by atoms with E-state index in [2.05, 4.69) is 4.98 Å². The predicted molar refractivity (Wildman–Crippen MR) is 106 cm³/mol. The Morgan fingerprint density at radius 2 is 2.00 bits per heavy atom.